The summed E-state index contributed by atoms with van der Waals surface area (Å²) in [6.45, 7) is 1.77. The van der Waals surface area contributed by atoms with E-state index < -0.39 is 0 Å². The summed E-state index contributed by atoms with van der Waals surface area (Å²) in [4.78, 5) is 27.9. The molecule has 0 spiro atoms. The van der Waals surface area contributed by atoms with Crippen molar-refractivity contribution in [2.24, 2.45) is 11.7 Å². The molecule has 3 heterocycles. The molecule has 2 aromatic heterocycles. The van der Waals surface area contributed by atoms with Gasteiger partial charge in [-0.05, 0) is 42.5 Å². The maximum absolute atomic E-state index is 13.3. The summed E-state index contributed by atoms with van der Waals surface area (Å²) in [7, 11) is 0. The number of nitrogens with one attached hydrogen (secondary N) is 1. The number of rotatable bonds is 7. The second kappa shape index (κ2) is 10.6. The Labute approximate surface area is 206 Å². The predicted octanol–water partition coefficient (Wildman–Crippen LogP) is 3.99. The average Bonchev–Trinajstić information content (AvgIpc) is 3.53. The number of amides is 2. The maximum atomic E-state index is 13.3. The van der Waals surface area contributed by atoms with E-state index in [1.807, 2.05) is 6.07 Å². The molecule has 2 fully saturated rings. The van der Waals surface area contributed by atoms with Crippen LogP contribution in [0.1, 0.15) is 77.3 Å². The first-order chi connectivity index (χ1) is 17.1. The number of hydrogen-bond donors (Lipinski definition) is 2. The molecule has 3 aromatic rings. The largest absolute Gasteiger partial charge is 0.351 e. The van der Waals surface area contributed by atoms with Gasteiger partial charge < -0.3 is 16.0 Å². The van der Waals surface area contributed by atoms with Gasteiger partial charge in [0.25, 0.3) is 11.8 Å². The highest BCUT2D eigenvalue weighted by molar-refractivity contribution is 6.02. The van der Waals surface area contributed by atoms with E-state index in [0.717, 1.165) is 18.8 Å². The Kier molecular flexibility index (Phi) is 7.13. The number of hydrogen-bond acceptors (Lipinski definition) is 4. The first kappa shape index (κ1) is 23.5. The maximum Gasteiger partial charge on any atom is 0.274 e. The summed E-state index contributed by atoms with van der Waals surface area (Å²) >= 11 is 0. The number of nitrogens with two attached hydrogens (primary N) is 1. The predicted molar refractivity (Wildman–Crippen MR) is 136 cm³/mol. The highest BCUT2D eigenvalue weighted by atomic mass is 16.2. The number of carbonyl (C=O) groups excluding carboxylic acids is 2. The van der Waals surface area contributed by atoms with Crippen molar-refractivity contribution < 1.29 is 9.59 Å². The number of nitrogens with zero attached hydrogens (tertiary/aromatic N) is 3. The second-order valence-electron chi connectivity index (χ2n) is 10.1. The van der Waals surface area contributed by atoms with Crippen molar-refractivity contribution in [2.45, 2.75) is 56.9 Å². The fourth-order valence-electron chi connectivity index (χ4n) is 5.64. The van der Waals surface area contributed by atoms with Gasteiger partial charge in [0, 0.05) is 37.8 Å². The number of aromatic nitrogens is 2. The van der Waals surface area contributed by atoms with Crippen molar-refractivity contribution >= 4 is 17.3 Å². The molecule has 1 saturated carbocycles. The van der Waals surface area contributed by atoms with Crippen LogP contribution in [0.5, 0.6) is 0 Å². The molecule has 184 valence electrons. The molecule has 1 saturated heterocycles. The normalized spacial score (nSPS) is 19.7. The SMILES string of the molecule is N[C@@H]1CCN(C(=O)c2cc3c(C(=O)NCC(CC4CCCCC4)c4ccccc4)cccn3n2)C1. The van der Waals surface area contributed by atoms with Gasteiger partial charge in [-0.1, -0.05) is 62.4 Å². The van der Waals surface area contributed by atoms with Crippen LogP contribution in [0, 0.1) is 5.92 Å². The summed E-state index contributed by atoms with van der Waals surface area (Å²) in [5.41, 5.74) is 8.76. The third-order valence-electron chi connectivity index (χ3n) is 7.60. The molecule has 0 bridgehead atoms. The van der Waals surface area contributed by atoms with Crippen LogP contribution in [0.4, 0.5) is 0 Å². The summed E-state index contributed by atoms with van der Waals surface area (Å²) in [6, 6.07) is 15.8. The van der Waals surface area contributed by atoms with Crippen LogP contribution >= 0.6 is 0 Å². The Balaban J connectivity index is 1.31. The molecule has 5 rings (SSSR count). The molecular formula is C28H35N5O2. The van der Waals surface area contributed by atoms with Crippen molar-refractivity contribution in [3.05, 3.63) is 71.5 Å². The lowest BCUT2D eigenvalue weighted by Crippen LogP contribution is -2.32. The summed E-state index contributed by atoms with van der Waals surface area (Å²) in [5, 5.41) is 7.64. The molecule has 7 nitrogen and oxygen atoms in total. The zero-order valence-electron chi connectivity index (χ0n) is 20.2. The molecule has 1 aliphatic heterocycles. The Bertz CT molecular complexity index is 1170. The first-order valence-electron chi connectivity index (χ1n) is 12.9. The highest BCUT2D eigenvalue weighted by Crippen LogP contribution is 2.33. The summed E-state index contributed by atoms with van der Waals surface area (Å²) < 4.78 is 1.62. The fraction of sp³-hybridized carbons (Fsp3) is 0.464. The molecule has 1 aliphatic carbocycles. The van der Waals surface area contributed by atoms with Crippen molar-refractivity contribution in [1.29, 1.82) is 0 Å². The van der Waals surface area contributed by atoms with Crippen LogP contribution in [0.15, 0.2) is 54.7 Å². The molecule has 35 heavy (non-hydrogen) atoms. The van der Waals surface area contributed by atoms with E-state index in [-0.39, 0.29) is 23.8 Å². The zero-order valence-corrected chi connectivity index (χ0v) is 20.2. The van der Waals surface area contributed by atoms with Gasteiger partial charge in [-0.25, -0.2) is 4.52 Å². The van der Waals surface area contributed by atoms with Crippen molar-refractivity contribution in [3.63, 3.8) is 0 Å². The zero-order chi connectivity index (χ0) is 24.2. The molecule has 7 heteroatoms. The van der Waals surface area contributed by atoms with E-state index in [1.54, 1.807) is 33.8 Å². The highest BCUT2D eigenvalue weighted by Gasteiger charge is 2.27. The van der Waals surface area contributed by atoms with E-state index in [4.69, 9.17) is 5.73 Å². The van der Waals surface area contributed by atoms with Crippen LogP contribution in [-0.4, -0.2) is 52.0 Å². The van der Waals surface area contributed by atoms with Gasteiger partial charge in [-0.15, -0.1) is 0 Å². The Morgan fingerprint density at radius 1 is 1.06 bits per heavy atom. The average molecular weight is 474 g/mol. The van der Waals surface area contributed by atoms with Crippen LogP contribution in [0.25, 0.3) is 5.52 Å². The standard InChI is InChI=1S/C28H35N5O2/c29-23-13-15-32(19-23)28(35)25-17-26-24(12-7-14-33(26)31-25)27(34)30-18-22(21-10-5-2-6-11-21)16-20-8-3-1-4-9-20/h2,5-7,10-12,14,17,20,22-23H,1,3-4,8-9,13,15-16,18-19,29H2,(H,30,34)/t22?,23-/m1/s1. The van der Waals surface area contributed by atoms with Gasteiger partial charge in [0.05, 0.1) is 11.1 Å². The van der Waals surface area contributed by atoms with Gasteiger partial charge in [0.2, 0.25) is 0 Å². The van der Waals surface area contributed by atoms with Gasteiger partial charge in [0.1, 0.15) is 0 Å². The van der Waals surface area contributed by atoms with E-state index in [9.17, 15) is 9.59 Å². The lowest BCUT2D eigenvalue weighted by molar-refractivity contribution is 0.0784. The molecule has 0 radical (unpaired) electrons. The summed E-state index contributed by atoms with van der Waals surface area (Å²) in [6.07, 6.45) is 10.2. The lowest BCUT2D eigenvalue weighted by Gasteiger charge is -2.27. The number of carbonyl (C=O) groups is 2. The molecule has 3 N–H and O–H groups in total. The Morgan fingerprint density at radius 3 is 2.60 bits per heavy atom. The van der Waals surface area contributed by atoms with Gasteiger partial charge in [0.15, 0.2) is 5.69 Å². The minimum Gasteiger partial charge on any atom is -0.351 e. The third kappa shape index (κ3) is 5.40. The molecule has 1 unspecified atom stereocenters. The fourth-order valence-corrected chi connectivity index (χ4v) is 5.64. The minimum absolute atomic E-state index is 0.0171. The van der Waals surface area contributed by atoms with Crippen molar-refractivity contribution in [1.82, 2.24) is 19.8 Å². The van der Waals surface area contributed by atoms with Gasteiger partial charge in [-0.2, -0.15) is 5.10 Å². The van der Waals surface area contributed by atoms with Crippen LogP contribution in [-0.2, 0) is 0 Å². The molecule has 2 atom stereocenters. The van der Waals surface area contributed by atoms with Crippen LogP contribution in [0.2, 0.25) is 0 Å². The van der Waals surface area contributed by atoms with Gasteiger partial charge >= 0.3 is 0 Å². The Morgan fingerprint density at radius 2 is 1.86 bits per heavy atom. The Hall–Kier alpha value is -3.19. The minimum atomic E-state index is -0.137. The monoisotopic (exact) mass is 473 g/mol. The van der Waals surface area contributed by atoms with Crippen LogP contribution < -0.4 is 11.1 Å². The van der Waals surface area contributed by atoms with E-state index in [2.05, 4.69) is 34.7 Å². The van der Waals surface area contributed by atoms with Crippen molar-refractivity contribution in [2.75, 3.05) is 19.6 Å². The number of benzene rings is 1. The van der Waals surface area contributed by atoms with E-state index in [1.165, 1.54) is 37.7 Å². The third-order valence-corrected chi connectivity index (χ3v) is 7.60. The molecule has 2 aliphatic rings. The lowest BCUT2D eigenvalue weighted by atomic mass is 9.80. The quantitative estimate of drug-likeness (QED) is 0.543. The van der Waals surface area contributed by atoms with Gasteiger partial charge in [-0.3, -0.25) is 9.59 Å². The molecular weight excluding hydrogens is 438 g/mol. The summed E-state index contributed by atoms with van der Waals surface area (Å²) in [5.74, 6) is 0.729. The van der Waals surface area contributed by atoms with Crippen LogP contribution in [0.3, 0.4) is 0 Å². The smallest absolute Gasteiger partial charge is 0.274 e. The van der Waals surface area contributed by atoms with E-state index >= 15 is 0 Å². The number of fused-ring (bicyclic) bond motifs is 1. The number of pyridine rings is 1. The molecule has 2 amide bonds. The topological polar surface area (TPSA) is 92.7 Å². The molecule has 1 aromatic carbocycles. The number of likely N-dealkylation sites (tertiary alicyclic amines) is 1. The second-order valence-corrected chi connectivity index (χ2v) is 10.1. The van der Waals surface area contributed by atoms with Crippen molar-refractivity contribution in [3.8, 4) is 0 Å². The first-order valence-corrected chi connectivity index (χ1v) is 12.9. The van der Waals surface area contributed by atoms with E-state index in [0.29, 0.717) is 36.4 Å².